The molecule has 1 aliphatic rings. The van der Waals surface area contributed by atoms with Gasteiger partial charge in [-0.2, -0.15) is 4.98 Å². The molecule has 0 radical (unpaired) electrons. The Balaban J connectivity index is 1.57. The molecule has 4 rings (SSSR count). The lowest BCUT2D eigenvalue weighted by Gasteiger charge is -2.25. The number of imidazole rings is 1. The summed E-state index contributed by atoms with van der Waals surface area (Å²) < 4.78 is 18.8. The Morgan fingerprint density at radius 2 is 1.96 bits per heavy atom. The number of methoxy groups -OCH3 is 1. The van der Waals surface area contributed by atoms with Crippen LogP contribution in [-0.4, -0.2) is 26.8 Å². The summed E-state index contributed by atoms with van der Waals surface area (Å²) in [6.45, 7) is 7.28. The summed E-state index contributed by atoms with van der Waals surface area (Å²) >= 11 is 0. The summed E-state index contributed by atoms with van der Waals surface area (Å²) in [6, 6.07) is 7.94. The summed E-state index contributed by atoms with van der Waals surface area (Å²) in [7, 11) is 1.66. The molecule has 7 nitrogen and oxygen atoms in total. The van der Waals surface area contributed by atoms with Crippen LogP contribution < -0.4 is 4.74 Å². The van der Waals surface area contributed by atoms with E-state index in [1.54, 1.807) is 7.11 Å². The van der Waals surface area contributed by atoms with Crippen LogP contribution >= 0.6 is 0 Å². The predicted octanol–water partition coefficient (Wildman–Crippen LogP) is 3.51. The summed E-state index contributed by atoms with van der Waals surface area (Å²) in [6.07, 6.45) is 1.79. The first-order chi connectivity index (χ1) is 12.5. The zero-order valence-electron chi connectivity index (χ0n) is 15.4. The topological polar surface area (TPSA) is 75.2 Å². The molecule has 0 N–H and O–H groups in total. The molecular formula is C19H22N4O3. The summed E-state index contributed by atoms with van der Waals surface area (Å²) in [5, 5.41) is 4.08. The number of nitrogens with zero attached hydrogens (tertiary/aromatic N) is 4. The van der Waals surface area contributed by atoms with Crippen molar-refractivity contribution in [1.82, 2.24) is 19.7 Å². The van der Waals surface area contributed by atoms with Gasteiger partial charge in [-0.1, -0.05) is 38.1 Å². The SMILES string of the molecule is COc1ccc([C@@H]2Cn3cnc(-c4nc(C(C)(C)C)no4)c3CO2)cc1. The number of benzene rings is 1. The molecule has 0 fully saturated rings. The van der Waals surface area contributed by atoms with Crippen LogP contribution in [-0.2, 0) is 23.3 Å². The normalized spacial score (nSPS) is 17.2. The number of hydrogen-bond acceptors (Lipinski definition) is 6. The molecule has 0 saturated heterocycles. The number of rotatable bonds is 3. The van der Waals surface area contributed by atoms with Crippen LogP contribution in [0.2, 0.25) is 0 Å². The highest BCUT2D eigenvalue weighted by Gasteiger charge is 2.28. The van der Waals surface area contributed by atoms with E-state index in [2.05, 4.69) is 19.7 Å². The Kier molecular flexibility index (Phi) is 4.03. The minimum absolute atomic E-state index is 0.0247. The highest BCUT2D eigenvalue weighted by molar-refractivity contribution is 5.51. The Bertz CT molecular complexity index is 906. The average Bonchev–Trinajstić information content (AvgIpc) is 3.27. The monoisotopic (exact) mass is 354 g/mol. The van der Waals surface area contributed by atoms with Gasteiger partial charge in [0, 0.05) is 5.41 Å². The van der Waals surface area contributed by atoms with Crippen LogP contribution in [0, 0.1) is 0 Å². The van der Waals surface area contributed by atoms with Crippen molar-refractivity contribution in [2.45, 2.75) is 45.4 Å². The number of ether oxygens (including phenoxy) is 2. The van der Waals surface area contributed by atoms with E-state index < -0.39 is 0 Å². The van der Waals surface area contributed by atoms with Crippen LogP contribution in [0.1, 0.15) is 44.0 Å². The molecule has 3 heterocycles. The third kappa shape index (κ3) is 2.99. The van der Waals surface area contributed by atoms with E-state index in [4.69, 9.17) is 14.0 Å². The molecule has 0 bridgehead atoms. The lowest BCUT2D eigenvalue weighted by Crippen LogP contribution is -2.20. The van der Waals surface area contributed by atoms with Crippen molar-refractivity contribution in [3.8, 4) is 17.3 Å². The molecule has 136 valence electrons. The highest BCUT2D eigenvalue weighted by atomic mass is 16.5. The van der Waals surface area contributed by atoms with Crippen LogP contribution in [0.4, 0.5) is 0 Å². The minimum Gasteiger partial charge on any atom is -0.497 e. The molecule has 2 aromatic heterocycles. The van der Waals surface area contributed by atoms with Crippen LogP contribution in [0.15, 0.2) is 35.1 Å². The third-order valence-electron chi connectivity index (χ3n) is 4.52. The molecule has 0 saturated carbocycles. The first kappa shape index (κ1) is 16.8. The highest BCUT2D eigenvalue weighted by Crippen LogP contribution is 2.32. The van der Waals surface area contributed by atoms with Crippen molar-refractivity contribution in [3.05, 3.63) is 47.7 Å². The van der Waals surface area contributed by atoms with Gasteiger partial charge in [0.15, 0.2) is 11.5 Å². The van der Waals surface area contributed by atoms with E-state index in [1.807, 2.05) is 51.4 Å². The smallest absolute Gasteiger partial charge is 0.278 e. The predicted molar refractivity (Wildman–Crippen MR) is 94.7 cm³/mol. The molecule has 0 spiro atoms. The summed E-state index contributed by atoms with van der Waals surface area (Å²) in [5.74, 6) is 1.94. The molecule has 1 atom stereocenters. The maximum absolute atomic E-state index is 6.07. The van der Waals surface area contributed by atoms with Gasteiger partial charge in [-0.05, 0) is 17.7 Å². The Morgan fingerprint density at radius 3 is 2.62 bits per heavy atom. The number of hydrogen-bond donors (Lipinski definition) is 0. The fourth-order valence-electron chi connectivity index (χ4n) is 2.95. The zero-order valence-corrected chi connectivity index (χ0v) is 15.4. The zero-order chi connectivity index (χ0) is 18.3. The van der Waals surface area contributed by atoms with Gasteiger partial charge in [0.2, 0.25) is 0 Å². The van der Waals surface area contributed by atoms with Crippen molar-refractivity contribution in [1.29, 1.82) is 0 Å². The standard InChI is InChI=1S/C19H22N4O3/c1-19(2,3)18-21-17(26-22-18)16-14-10-25-15(9-23(14)11-20-16)12-5-7-13(24-4)8-6-12/h5-8,11,15H,9-10H2,1-4H3/t15-/m0/s1. The molecule has 0 amide bonds. The van der Waals surface area contributed by atoms with Gasteiger partial charge < -0.3 is 18.6 Å². The van der Waals surface area contributed by atoms with Crippen LogP contribution in [0.5, 0.6) is 5.75 Å². The van der Waals surface area contributed by atoms with Gasteiger partial charge in [-0.15, -0.1) is 0 Å². The van der Waals surface area contributed by atoms with Crippen LogP contribution in [0.3, 0.4) is 0 Å². The molecule has 0 aliphatic carbocycles. The summed E-state index contributed by atoms with van der Waals surface area (Å²) in [4.78, 5) is 8.99. The first-order valence-electron chi connectivity index (χ1n) is 8.60. The van der Waals surface area contributed by atoms with E-state index in [0.29, 0.717) is 30.6 Å². The van der Waals surface area contributed by atoms with Crippen molar-refractivity contribution >= 4 is 0 Å². The second-order valence-corrected chi connectivity index (χ2v) is 7.44. The van der Waals surface area contributed by atoms with E-state index >= 15 is 0 Å². The second kappa shape index (κ2) is 6.25. The number of fused-ring (bicyclic) bond motifs is 1. The molecule has 1 aromatic carbocycles. The quantitative estimate of drug-likeness (QED) is 0.716. The average molecular weight is 354 g/mol. The van der Waals surface area contributed by atoms with Gasteiger partial charge in [0.1, 0.15) is 11.9 Å². The first-order valence-corrected chi connectivity index (χ1v) is 8.60. The van der Waals surface area contributed by atoms with Crippen molar-refractivity contribution in [2.75, 3.05) is 7.11 Å². The van der Waals surface area contributed by atoms with Crippen LogP contribution in [0.25, 0.3) is 11.6 Å². The van der Waals surface area contributed by atoms with Crippen molar-refractivity contribution in [2.24, 2.45) is 0 Å². The van der Waals surface area contributed by atoms with Crippen molar-refractivity contribution in [3.63, 3.8) is 0 Å². The maximum atomic E-state index is 6.07. The minimum atomic E-state index is -0.169. The second-order valence-electron chi connectivity index (χ2n) is 7.44. The Morgan fingerprint density at radius 1 is 1.19 bits per heavy atom. The molecule has 7 heteroatoms. The fourth-order valence-corrected chi connectivity index (χ4v) is 2.95. The molecule has 26 heavy (non-hydrogen) atoms. The van der Waals surface area contributed by atoms with Gasteiger partial charge in [-0.25, -0.2) is 4.98 Å². The Labute approximate surface area is 152 Å². The molecular weight excluding hydrogens is 332 g/mol. The van der Waals surface area contributed by atoms with Crippen molar-refractivity contribution < 1.29 is 14.0 Å². The largest absolute Gasteiger partial charge is 0.497 e. The van der Waals surface area contributed by atoms with E-state index in [9.17, 15) is 0 Å². The number of aromatic nitrogens is 4. The Hall–Kier alpha value is -2.67. The van der Waals surface area contributed by atoms with Gasteiger partial charge in [-0.3, -0.25) is 0 Å². The van der Waals surface area contributed by atoms with E-state index in [1.165, 1.54) is 0 Å². The molecule has 3 aromatic rings. The fraction of sp³-hybridized carbons (Fsp3) is 0.421. The van der Waals surface area contributed by atoms with Gasteiger partial charge >= 0.3 is 0 Å². The maximum Gasteiger partial charge on any atom is 0.278 e. The third-order valence-corrected chi connectivity index (χ3v) is 4.52. The van der Waals surface area contributed by atoms with Gasteiger partial charge in [0.25, 0.3) is 5.89 Å². The molecule has 0 unspecified atom stereocenters. The molecule has 1 aliphatic heterocycles. The summed E-state index contributed by atoms with van der Waals surface area (Å²) in [5.41, 5.74) is 2.59. The van der Waals surface area contributed by atoms with E-state index in [0.717, 1.165) is 17.0 Å². The lowest BCUT2D eigenvalue weighted by molar-refractivity contribution is 0.00328. The lowest BCUT2D eigenvalue weighted by atomic mass is 9.96. The van der Waals surface area contributed by atoms with Gasteiger partial charge in [0.05, 0.1) is 32.3 Å². The van der Waals surface area contributed by atoms with E-state index in [-0.39, 0.29) is 11.5 Å².